The van der Waals surface area contributed by atoms with Gasteiger partial charge in [-0.1, -0.05) is 0 Å². The first-order valence-corrected chi connectivity index (χ1v) is 12.9. The van der Waals surface area contributed by atoms with Gasteiger partial charge in [-0.25, -0.2) is 4.98 Å². The lowest BCUT2D eigenvalue weighted by atomic mass is 10.1. The molecule has 8 heteroatoms. The van der Waals surface area contributed by atoms with E-state index in [1.165, 1.54) is 19.8 Å². The summed E-state index contributed by atoms with van der Waals surface area (Å²) in [6, 6.07) is 11.7. The number of hydrogen-bond acceptors (Lipinski definition) is 5. The maximum Gasteiger partial charge on any atom is 0.254 e. The van der Waals surface area contributed by atoms with E-state index in [4.69, 9.17) is 18.2 Å². The number of aryl methyl sites for hydroxylation is 1. The maximum atomic E-state index is 13.4. The number of amides is 1. The molecule has 2 N–H and O–H groups in total. The number of pyridine rings is 1. The molecule has 1 saturated heterocycles. The van der Waals surface area contributed by atoms with Crippen LogP contribution >= 0.6 is 0 Å². The van der Waals surface area contributed by atoms with Gasteiger partial charge in [0, 0.05) is 49.2 Å². The Morgan fingerprint density at radius 3 is 2.75 bits per heavy atom. The van der Waals surface area contributed by atoms with Gasteiger partial charge in [0.1, 0.15) is 5.65 Å². The van der Waals surface area contributed by atoms with Crippen LogP contribution in [0.1, 0.15) is 45.7 Å². The van der Waals surface area contributed by atoms with Crippen molar-refractivity contribution >= 4 is 28.0 Å². The van der Waals surface area contributed by atoms with E-state index in [1.54, 1.807) is 6.07 Å². The summed E-state index contributed by atoms with van der Waals surface area (Å²) >= 11 is 0. The van der Waals surface area contributed by atoms with E-state index in [2.05, 4.69) is 20.2 Å². The number of hydrogen-bond donors (Lipinski definition) is 1. The van der Waals surface area contributed by atoms with Crippen molar-refractivity contribution in [3.8, 4) is 17.4 Å². The van der Waals surface area contributed by atoms with Gasteiger partial charge in [0.25, 0.3) is 5.91 Å². The second kappa shape index (κ2) is 8.06. The predicted molar refractivity (Wildman–Crippen MR) is 139 cm³/mol. The normalized spacial score (nSPS) is 24.5. The molecule has 2 aliphatic carbocycles. The monoisotopic (exact) mass is 486 g/mol. The van der Waals surface area contributed by atoms with Crippen LogP contribution in [0.5, 0.6) is 5.88 Å². The average Bonchev–Trinajstić information content (AvgIpc) is 3.29. The minimum absolute atomic E-state index is 0.0390. The molecule has 1 amide bonds. The van der Waals surface area contributed by atoms with Crippen molar-refractivity contribution in [2.24, 2.45) is 24.6 Å². The van der Waals surface area contributed by atoms with Crippen molar-refractivity contribution in [1.29, 1.82) is 0 Å². The number of fused-ring (bicyclic) bond motifs is 4. The van der Waals surface area contributed by atoms with Gasteiger partial charge in [-0.3, -0.25) is 4.79 Å². The topological polar surface area (TPSA) is 91.2 Å². The quantitative estimate of drug-likeness (QED) is 0.445. The molecular formula is C28H32N6O2. The first-order chi connectivity index (χ1) is 18.2. The fourth-order valence-corrected chi connectivity index (χ4v) is 6.21. The molecule has 186 valence electrons. The Bertz CT molecular complexity index is 1580. The number of carbonyl (C=O) groups excluding carboxylic acids is 1. The van der Waals surface area contributed by atoms with Crippen LogP contribution in [-0.4, -0.2) is 55.1 Å². The Kier molecular flexibility index (Phi) is 4.42. The molecule has 3 atom stereocenters. The molecular weight excluding hydrogens is 452 g/mol. The highest BCUT2D eigenvalue weighted by Gasteiger charge is 2.46. The van der Waals surface area contributed by atoms with E-state index in [0.717, 1.165) is 59.5 Å². The molecule has 3 fully saturated rings. The number of likely N-dealkylation sites (tertiary alicyclic amines) is 1. The lowest BCUT2D eigenvalue weighted by molar-refractivity contribution is 0.0701. The summed E-state index contributed by atoms with van der Waals surface area (Å²) in [6.45, 7) is 1.12. The van der Waals surface area contributed by atoms with Gasteiger partial charge in [0.15, 0.2) is 5.82 Å². The molecule has 7 rings (SSSR count). The molecule has 4 heterocycles. The molecule has 4 aromatic rings. The summed E-state index contributed by atoms with van der Waals surface area (Å²) in [5.74, 6) is 2.11. The predicted octanol–water partition coefficient (Wildman–Crippen LogP) is 3.96. The van der Waals surface area contributed by atoms with Gasteiger partial charge in [-0.05, 0) is 74.8 Å². The second-order valence-electron chi connectivity index (χ2n) is 10.6. The summed E-state index contributed by atoms with van der Waals surface area (Å²) in [5, 5.41) is 0.952. The maximum absolute atomic E-state index is 13.4. The van der Waals surface area contributed by atoms with E-state index in [0.29, 0.717) is 17.4 Å². The van der Waals surface area contributed by atoms with Crippen LogP contribution in [0.2, 0.25) is 0 Å². The fourth-order valence-electron chi connectivity index (χ4n) is 6.21. The number of nitrogens with two attached hydrogens (primary N) is 1. The molecule has 8 nitrogen and oxygen atoms in total. The zero-order chi connectivity index (χ0) is 26.3. The lowest BCUT2D eigenvalue weighted by Gasteiger charge is -2.27. The highest BCUT2D eigenvalue weighted by atomic mass is 16.5. The number of benzene rings is 1. The van der Waals surface area contributed by atoms with E-state index >= 15 is 0 Å². The van der Waals surface area contributed by atoms with Crippen LogP contribution in [0.4, 0.5) is 0 Å². The molecule has 3 aromatic heterocycles. The van der Waals surface area contributed by atoms with Crippen molar-refractivity contribution in [1.82, 2.24) is 24.0 Å². The average molecular weight is 487 g/mol. The van der Waals surface area contributed by atoms with Gasteiger partial charge >= 0.3 is 0 Å². The van der Waals surface area contributed by atoms with Crippen LogP contribution in [0.15, 0.2) is 36.4 Å². The van der Waals surface area contributed by atoms with Gasteiger partial charge in [-0.15, -0.1) is 0 Å². The summed E-state index contributed by atoms with van der Waals surface area (Å²) in [4.78, 5) is 25.1. The zero-order valence-corrected chi connectivity index (χ0v) is 20.6. The zero-order valence-electron chi connectivity index (χ0n) is 22.6. The first kappa shape index (κ1) is 19.8. The molecule has 0 spiro atoms. The number of piperidine rings is 1. The number of carbonyl (C=O) groups is 1. The Morgan fingerprint density at radius 1 is 1.17 bits per heavy atom. The second-order valence-corrected chi connectivity index (χ2v) is 10.6. The number of rotatable bonds is 6. The number of ether oxygens (including phenoxy) is 1. The van der Waals surface area contributed by atoms with Gasteiger partial charge < -0.3 is 24.5 Å². The summed E-state index contributed by atoms with van der Waals surface area (Å²) in [7, 11) is 2.00. The Hall–Kier alpha value is -3.39. The lowest BCUT2D eigenvalue weighted by Crippen LogP contribution is -2.41. The number of nitrogens with zero attached hydrogens (tertiary/aromatic N) is 5. The van der Waals surface area contributed by atoms with E-state index < -0.39 is 6.56 Å². The summed E-state index contributed by atoms with van der Waals surface area (Å²) < 4.78 is 25.2. The van der Waals surface area contributed by atoms with Gasteiger partial charge in [0.05, 0.1) is 26.0 Å². The van der Waals surface area contributed by atoms with Crippen LogP contribution in [0.25, 0.3) is 33.6 Å². The Balaban J connectivity index is 1.28. The van der Waals surface area contributed by atoms with Gasteiger partial charge in [-0.2, -0.15) is 4.98 Å². The van der Waals surface area contributed by atoms with Gasteiger partial charge in [0.2, 0.25) is 5.88 Å². The van der Waals surface area contributed by atoms with Crippen molar-refractivity contribution in [2.75, 3.05) is 13.1 Å². The number of aromatic nitrogens is 4. The van der Waals surface area contributed by atoms with E-state index in [9.17, 15) is 4.79 Å². The van der Waals surface area contributed by atoms with Crippen LogP contribution in [-0.2, 0) is 13.6 Å². The molecule has 0 unspecified atom stereocenters. The fraction of sp³-hybridized carbons (Fsp3) is 0.464. The molecule has 3 aliphatic rings. The molecule has 36 heavy (non-hydrogen) atoms. The third kappa shape index (κ3) is 3.34. The van der Waals surface area contributed by atoms with Crippen LogP contribution < -0.4 is 10.5 Å². The molecule has 1 aromatic carbocycles. The van der Waals surface area contributed by atoms with Crippen molar-refractivity contribution < 1.29 is 12.3 Å². The van der Waals surface area contributed by atoms with Crippen LogP contribution in [0, 0.1) is 11.8 Å². The third-order valence-corrected chi connectivity index (χ3v) is 8.33. The molecule has 2 bridgehead atoms. The van der Waals surface area contributed by atoms with Crippen molar-refractivity contribution in [3.05, 3.63) is 42.0 Å². The highest BCUT2D eigenvalue weighted by molar-refractivity contribution is 5.98. The molecule has 2 saturated carbocycles. The smallest absolute Gasteiger partial charge is 0.254 e. The SMILES string of the molecule is [2H]C([2H])(C)Oc1ccc2cc(-c3nc4cc(C(=O)N5C[C@H]6CC[C@@H]5[C@@H]6N)ccc4n3C)n(CC3CC3)c2n1. The summed E-state index contributed by atoms with van der Waals surface area (Å²) in [6.07, 6.45) is 4.47. The number of imidazole rings is 1. The van der Waals surface area contributed by atoms with Crippen molar-refractivity contribution in [3.63, 3.8) is 0 Å². The molecule has 0 radical (unpaired) electrons. The Morgan fingerprint density at radius 2 is 2.03 bits per heavy atom. The van der Waals surface area contributed by atoms with E-state index in [1.807, 2.05) is 36.2 Å². The van der Waals surface area contributed by atoms with E-state index in [-0.39, 0.29) is 23.9 Å². The first-order valence-electron chi connectivity index (χ1n) is 13.9. The standard InChI is InChI=1S/C28H32N6O2/c1-3-36-24-11-8-17-13-23(33(26(17)31-24)14-16-4-5-16)27-30-20-12-18(6-9-21(20)32(27)2)28(35)34-15-19-7-10-22(34)25(19)29/h6,8-9,11-13,16,19,22,25H,3-5,7,10,14-15,29H2,1-2H3/t19-,22-,25-/m1/s1/i3D2. The minimum atomic E-state index is -1.82. The molecule has 1 aliphatic heterocycles. The largest absolute Gasteiger partial charge is 0.478 e. The minimum Gasteiger partial charge on any atom is -0.478 e. The Labute approximate surface area is 212 Å². The third-order valence-electron chi connectivity index (χ3n) is 8.33. The van der Waals surface area contributed by atoms with Crippen molar-refractivity contribution in [2.45, 2.75) is 51.2 Å². The van der Waals surface area contributed by atoms with Crippen LogP contribution in [0.3, 0.4) is 0 Å². The highest BCUT2D eigenvalue weighted by Crippen LogP contribution is 2.38. The summed E-state index contributed by atoms with van der Waals surface area (Å²) in [5.41, 5.74) is 10.4.